The number of anilines is 1. The number of phenols is 1. The van der Waals surface area contributed by atoms with E-state index in [0.29, 0.717) is 10.2 Å². The van der Waals surface area contributed by atoms with E-state index in [1.807, 2.05) is 53.7 Å². The number of pyridine rings is 1. The molecule has 0 unspecified atom stereocenters. The predicted molar refractivity (Wildman–Crippen MR) is 137 cm³/mol. The first-order valence-electron chi connectivity index (χ1n) is 10.8. The van der Waals surface area contributed by atoms with Gasteiger partial charge in [0, 0.05) is 10.7 Å². The lowest BCUT2D eigenvalue weighted by atomic mass is 9.78. The molecular weight excluding hydrogens is 500 g/mol. The van der Waals surface area contributed by atoms with Crippen molar-refractivity contribution in [2.24, 2.45) is 0 Å². The molecule has 0 aliphatic rings. The summed E-state index contributed by atoms with van der Waals surface area (Å²) in [5, 5.41) is 11.1. The van der Waals surface area contributed by atoms with E-state index >= 15 is 0 Å². The smallest absolute Gasteiger partial charge is 0.265 e. The maximum Gasteiger partial charge on any atom is 0.265 e. The molecule has 7 heteroatoms. The molecule has 0 bridgehead atoms. The van der Waals surface area contributed by atoms with Crippen molar-refractivity contribution < 1.29 is 13.5 Å². The Balaban J connectivity index is 2.22. The van der Waals surface area contributed by atoms with Crippen molar-refractivity contribution in [3.05, 3.63) is 82.1 Å². The third-order valence-electron chi connectivity index (χ3n) is 5.45. The number of sulfonamides is 1. The Kier molecular flexibility index (Phi) is 6.97. The average Bonchev–Trinajstić information content (AvgIpc) is 2.72. The van der Waals surface area contributed by atoms with Gasteiger partial charge in [-0.1, -0.05) is 53.7 Å². The fourth-order valence-electron chi connectivity index (χ4n) is 3.68. The quantitative estimate of drug-likeness (QED) is 0.406. The maximum absolute atomic E-state index is 13.8. The fourth-order valence-corrected chi connectivity index (χ4v) is 6.09. The SMILES string of the molecule is CC(C)(C)c1cc(CN(c2cccnc2)S(=O)(=O)c2ccccc2Br)cc(C(C)(C)C)c1O. The summed E-state index contributed by atoms with van der Waals surface area (Å²) in [6.45, 7) is 12.3. The molecule has 0 aliphatic carbocycles. The highest BCUT2D eigenvalue weighted by Gasteiger charge is 2.30. The predicted octanol–water partition coefficient (Wildman–Crippen LogP) is 6.54. The van der Waals surface area contributed by atoms with E-state index in [9.17, 15) is 13.5 Å². The lowest BCUT2D eigenvalue weighted by Crippen LogP contribution is -2.31. The van der Waals surface area contributed by atoms with Crippen molar-refractivity contribution in [3.63, 3.8) is 0 Å². The van der Waals surface area contributed by atoms with E-state index in [1.54, 1.807) is 48.8 Å². The number of halogens is 1. The van der Waals surface area contributed by atoms with Crippen LogP contribution in [0.4, 0.5) is 5.69 Å². The summed E-state index contributed by atoms with van der Waals surface area (Å²) in [6, 6.07) is 14.0. The van der Waals surface area contributed by atoms with Crippen molar-refractivity contribution in [1.82, 2.24) is 4.98 Å². The molecule has 2 aromatic carbocycles. The second-order valence-corrected chi connectivity index (χ2v) is 12.9. The summed E-state index contributed by atoms with van der Waals surface area (Å²) >= 11 is 3.39. The van der Waals surface area contributed by atoms with Crippen LogP contribution in [0.3, 0.4) is 0 Å². The maximum atomic E-state index is 13.8. The number of aromatic nitrogens is 1. The van der Waals surface area contributed by atoms with Crippen LogP contribution in [0.2, 0.25) is 0 Å². The Morgan fingerprint density at radius 3 is 2.00 bits per heavy atom. The summed E-state index contributed by atoms with van der Waals surface area (Å²) in [4.78, 5) is 4.33. The standard InChI is InChI=1S/C26H31BrN2O3S/c1-25(2,3)20-14-18(15-21(24(20)30)26(4,5)6)17-29(19-10-9-13-28-16-19)33(31,32)23-12-8-7-11-22(23)27/h7-16,30H,17H2,1-6H3. The minimum absolute atomic E-state index is 0.0990. The molecule has 0 spiro atoms. The van der Waals surface area contributed by atoms with Gasteiger partial charge in [0.15, 0.2) is 0 Å². The van der Waals surface area contributed by atoms with Gasteiger partial charge in [-0.3, -0.25) is 9.29 Å². The zero-order valence-electron chi connectivity index (χ0n) is 19.9. The molecule has 1 N–H and O–H groups in total. The van der Waals surface area contributed by atoms with Crippen molar-refractivity contribution in [1.29, 1.82) is 0 Å². The van der Waals surface area contributed by atoms with E-state index in [4.69, 9.17) is 0 Å². The van der Waals surface area contributed by atoms with Crippen molar-refractivity contribution in [3.8, 4) is 5.75 Å². The molecule has 33 heavy (non-hydrogen) atoms. The van der Waals surface area contributed by atoms with Crippen LogP contribution in [-0.2, 0) is 27.4 Å². The first-order valence-corrected chi connectivity index (χ1v) is 13.0. The highest BCUT2D eigenvalue weighted by atomic mass is 79.9. The summed E-state index contributed by atoms with van der Waals surface area (Å²) in [5.74, 6) is 0.264. The Labute approximate surface area is 205 Å². The van der Waals surface area contributed by atoms with Crippen LogP contribution in [0.5, 0.6) is 5.75 Å². The van der Waals surface area contributed by atoms with Gasteiger partial charge in [0.25, 0.3) is 10.0 Å². The van der Waals surface area contributed by atoms with Gasteiger partial charge in [0.05, 0.1) is 18.4 Å². The van der Waals surface area contributed by atoms with E-state index in [2.05, 4.69) is 20.9 Å². The molecule has 0 atom stereocenters. The third-order valence-corrected chi connectivity index (χ3v) is 8.24. The summed E-state index contributed by atoms with van der Waals surface area (Å²) < 4.78 is 29.5. The van der Waals surface area contributed by atoms with Crippen molar-refractivity contribution in [2.75, 3.05) is 4.31 Å². The van der Waals surface area contributed by atoms with E-state index in [0.717, 1.165) is 16.7 Å². The Morgan fingerprint density at radius 2 is 1.52 bits per heavy atom. The van der Waals surface area contributed by atoms with Crippen LogP contribution in [0.1, 0.15) is 58.2 Å². The number of benzene rings is 2. The van der Waals surface area contributed by atoms with Gasteiger partial charge in [-0.25, -0.2) is 8.42 Å². The topological polar surface area (TPSA) is 70.5 Å². The van der Waals surface area contributed by atoms with E-state index < -0.39 is 10.0 Å². The first kappa shape index (κ1) is 25.2. The minimum Gasteiger partial charge on any atom is -0.507 e. The number of hydrogen-bond acceptors (Lipinski definition) is 4. The van der Waals surface area contributed by atoms with Gasteiger partial charge in [-0.05, 0) is 79.8 Å². The van der Waals surface area contributed by atoms with Crippen LogP contribution in [-0.4, -0.2) is 18.5 Å². The summed E-state index contributed by atoms with van der Waals surface area (Å²) in [7, 11) is -3.91. The molecule has 0 saturated heterocycles. The third kappa shape index (κ3) is 5.41. The molecule has 0 saturated carbocycles. The van der Waals surface area contributed by atoms with Crippen LogP contribution in [0.25, 0.3) is 0 Å². The van der Waals surface area contributed by atoms with Crippen molar-refractivity contribution in [2.45, 2.75) is 63.8 Å². The Hall–Kier alpha value is -2.38. The van der Waals surface area contributed by atoms with Gasteiger partial charge in [0.1, 0.15) is 10.6 Å². The van der Waals surface area contributed by atoms with E-state index in [1.165, 1.54) is 4.31 Å². The molecule has 5 nitrogen and oxygen atoms in total. The van der Waals surface area contributed by atoms with Crippen molar-refractivity contribution >= 4 is 31.6 Å². The molecule has 0 fully saturated rings. The molecule has 3 rings (SSSR count). The highest BCUT2D eigenvalue weighted by Crippen LogP contribution is 2.40. The number of nitrogens with zero attached hydrogens (tertiary/aromatic N) is 2. The fraction of sp³-hybridized carbons (Fsp3) is 0.346. The molecule has 0 amide bonds. The van der Waals surface area contributed by atoms with Gasteiger partial charge < -0.3 is 5.11 Å². The van der Waals surface area contributed by atoms with Crippen LogP contribution < -0.4 is 4.31 Å². The molecule has 1 aromatic heterocycles. The number of aromatic hydroxyl groups is 1. The minimum atomic E-state index is -3.91. The van der Waals surface area contributed by atoms with Gasteiger partial charge in [-0.2, -0.15) is 0 Å². The molecule has 3 aromatic rings. The van der Waals surface area contributed by atoms with Crippen LogP contribution >= 0.6 is 15.9 Å². The Bertz CT molecular complexity index is 1210. The van der Waals surface area contributed by atoms with Crippen LogP contribution in [0, 0.1) is 0 Å². The zero-order valence-corrected chi connectivity index (χ0v) is 22.3. The second kappa shape index (κ2) is 9.11. The lowest BCUT2D eigenvalue weighted by Gasteiger charge is -2.30. The van der Waals surface area contributed by atoms with Gasteiger partial charge >= 0.3 is 0 Å². The normalized spacial score (nSPS) is 12.6. The average molecular weight is 532 g/mol. The number of phenolic OH excluding ortho intramolecular Hbond substituents is 1. The zero-order chi connectivity index (χ0) is 24.6. The highest BCUT2D eigenvalue weighted by molar-refractivity contribution is 9.10. The van der Waals surface area contributed by atoms with E-state index in [-0.39, 0.29) is 28.0 Å². The lowest BCUT2D eigenvalue weighted by molar-refractivity contribution is 0.422. The first-order chi connectivity index (χ1) is 15.2. The van der Waals surface area contributed by atoms with Gasteiger partial charge in [0.2, 0.25) is 0 Å². The van der Waals surface area contributed by atoms with Crippen LogP contribution in [0.15, 0.2) is 70.3 Å². The molecule has 0 radical (unpaired) electrons. The molecule has 1 heterocycles. The molecule has 0 aliphatic heterocycles. The number of hydrogen-bond donors (Lipinski definition) is 1. The second-order valence-electron chi connectivity index (χ2n) is 10.2. The molecule has 176 valence electrons. The summed E-state index contributed by atoms with van der Waals surface area (Å²) in [5.41, 5.74) is 2.20. The largest absolute Gasteiger partial charge is 0.507 e. The summed E-state index contributed by atoms with van der Waals surface area (Å²) in [6.07, 6.45) is 3.16. The van der Waals surface area contributed by atoms with Gasteiger partial charge in [-0.15, -0.1) is 0 Å². The Morgan fingerprint density at radius 1 is 0.939 bits per heavy atom. The monoisotopic (exact) mass is 530 g/mol. The molecular formula is C26H31BrN2O3S. The number of rotatable bonds is 5.